The first-order valence-corrected chi connectivity index (χ1v) is 10.4. The lowest BCUT2D eigenvalue weighted by atomic mass is 9.82. The number of primary sulfonamides is 1. The predicted molar refractivity (Wildman–Crippen MR) is 92.9 cm³/mol. The molecule has 0 aromatic carbocycles. The fourth-order valence-electron chi connectivity index (χ4n) is 3.49. The first kappa shape index (κ1) is 19.4. The van der Waals surface area contributed by atoms with Crippen LogP contribution in [0.3, 0.4) is 0 Å². The molecular formula is C14H17N5O6S2. The Balaban J connectivity index is 1.49. The Kier molecular flexibility index (Phi) is 5.26. The number of nitrogens with two attached hydrogens (primary N) is 1. The molecule has 2 bridgehead atoms. The number of fused-ring (bicyclic) bond motifs is 2. The fourth-order valence-corrected chi connectivity index (χ4v) is 4.84. The highest BCUT2D eigenvalue weighted by Crippen LogP contribution is 2.48. The van der Waals surface area contributed by atoms with Crippen LogP contribution in [0.4, 0.5) is 5.13 Å². The second kappa shape index (κ2) is 7.32. The van der Waals surface area contributed by atoms with E-state index in [0.29, 0.717) is 17.8 Å². The maximum atomic E-state index is 12.4. The molecule has 1 aromatic heterocycles. The average molecular weight is 415 g/mol. The number of carbonyl (C=O) groups is 3. The van der Waals surface area contributed by atoms with E-state index < -0.39 is 38.1 Å². The monoisotopic (exact) mass is 415 g/mol. The highest BCUT2D eigenvalue weighted by molar-refractivity contribution is 7.91. The van der Waals surface area contributed by atoms with Crippen LogP contribution in [0.1, 0.15) is 12.8 Å². The molecule has 0 radical (unpaired) electrons. The molecule has 1 fully saturated rings. The second-order valence-corrected chi connectivity index (χ2v) is 9.06. The standard InChI is InChI=1S/C14H17N5O6S2/c15-27(24,25)14-19-18-13(26-14)17-8(20)3-4-16-11(21)9-6-1-2-7(5-6)10(9)12(22)23/h1-2,6-7,9-10H,3-5H2,(H,16,21)(H,22,23)(H2,15,24,25)(H,17,18,20)/t6?,7?,9-,10+/m1/s1. The molecule has 0 aliphatic heterocycles. The quantitative estimate of drug-likeness (QED) is 0.328. The minimum Gasteiger partial charge on any atom is -0.481 e. The molecule has 1 aromatic rings. The number of nitrogens with zero attached hydrogens (tertiary/aromatic N) is 2. The van der Waals surface area contributed by atoms with Crippen LogP contribution < -0.4 is 15.8 Å². The molecular weight excluding hydrogens is 398 g/mol. The zero-order valence-corrected chi connectivity index (χ0v) is 15.5. The van der Waals surface area contributed by atoms with Gasteiger partial charge in [-0.3, -0.25) is 14.4 Å². The van der Waals surface area contributed by atoms with Gasteiger partial charge in [-0.1, -0.05) is 23.5 Å². The van der Waals surface area contributed by atoms with Gasteiger partial charge < -0.3 is 15.7 Å². The molecule has 11 nitrogen and oxygen atoms in total. The van der Waals surface area contributed by atoms with Crippen molar-refractivity contribution in [3.8, 4) is 0 Å². The number of aromatic nitrogens is 2. The Labute approximate surface area is 158 Å². The first-order valence-electron chi connectivity index (χ1n) is 8.02. The average Bonchev–Trinajstić information content (AvgIpc) is 3.28. The van der Waals surface area contributed by atoms with Crippen LogP contribution in [0, 0.1) is 23.7 Å². The maximum Gasteiger partial charge on any atom is 0.307 e. The third kappa shape index (κ3) is 4.14. The van der Waals surface area contributed by atoms with E-state index >= 15 is 0 Å². The Hall–Kier alpha value is -2.38. The van der Waals surface area contributed by atoms with Gasteiger partial charge in [0.2, 0.25) is 21.3 Å². The minimum atomic E-state index is -3.99. The van der Waals surface area contributed by atoms with Gasteiger partial charge >= 0.3 is 5.97 Å². The van der Waals surface area contributed by atoms with Gasteiger partial charge in [0.1, 0.15) is 0 Å². The molecule has 2 aliphatic rings. The summed E-state index contributed by atoms with van der Waals surface area (Å²) < 4.78 is 21.8. The van der Waals surface area contributed by atoms with E-state index in [1.807, 2.05) is 12.2 Å². The van der Waals surface area contributed by atoms with Crippen molar-refractivity contribution >= 4 is 44.3 Å². The summed E-state index contributed by atoms with van der Waals surface area (Å²) in [5.74, 6) is -3.49. The fraction of sp³-hybridized carbons (Fsp3) is 0.500. The van der Waals surface area contributed by atoms with Gasteiger partial charge in [-0.2, -0.15) is 0 Å². The van der Waals surface area contributed by atoms with Crippen molar-refractivity contribution in [3.05, 3.63) is 12.2 Å². The number of carboxylic acid groups (broad SMARTS) is 1. The summed E-state index contributed by atoms with van der Waals surface area (Å²) in [6, 6.07) is 0. The van der Waals surface area contributed by atoms with Crippen molar-refractivity contribution in [2.24, 2.45) is 28.8 Å². The highest BCUT2D eigenvalue weighted by atomic mass is 32.2. The number of rotatable bonds is 7. The maximum absolute atomic E-state index is 12.4. The Morgan fingerprint density at radius 3 is 2.48 bits per heavy atom. The summed E-state index contributed by atoms with van der Waals surface area (Å²) in [5, 5.41) is 26.0. The zero-order valence-electron chi connectivity index (χ0n) is 13.9. The van der Waals surface area contributed by atoms with Crippen LogP contribution in [-0.4, -0.2) is 48.1 Å². The molecule has 5 N–H and O–H groups in total. The van der Waals surface area contributed by atoms with Gasteiger partial charge in [-0.15, -0.1) is 10.2 Å². The van der Waals surface area contributed by atoms with E-state index in [4.69, 9.17) is 5.14 Å². The molecule has 2 unspecified atom stereocenters. The molecule has 13 heteroatoms. The van der Waals surface area contributed by atoms with E-state index in [9.17, 15) is 27.9 Å². The number of amides is 2. The summed E-state index contributed by atoms with van der Waals surface area (Å²) in [6.07, 6.45) is 4.28. The van der Waals surface area contributed by atoms with E-state index in [2.05, 4.69) is 20.8 Å². The van der Waals surface area contributed by atoms with E-state index in [0.717, 1.165) is 0 Å². The Bertz CT molecular complexity index is 911. The molecule has 1 saturated carbocycles. The lowest BCUT2D eigenvalue weighted by Crippen LogP contribution is -2.41. The van der Waals surface area contributed by atoms with Crippen LogP contribution in [0.15, 0.2) is 16.5 Å². The number of hydrogen-bond donors (Lipinski definition) is 4. The minimum absolute atomic E-state index is 0.00938. The van der Waals surface area contributed by atoms with Crippen LogP contribution in [-0.2, 0) is 24.4 Å². The predicted octanol–water partition coefficient (Wildman–Crippen LogP) is -0.847. The second-order valence-electron chi connectivity index (χ2n) is 6.35. The Morgan fingerprint density at radius 2 is 1.89 bits per heavy atom. The lowest BCUT2D eigenvalue weighted by Gasteiger charge is -2.23. The van der Waals surface area contributed by atoms with Crippen LogP contribution >= 0.6 is 11.3 Å². The van der Waals surface area contributed by atoms with Gasteiger partial charge in [0.15, 0.2) is 0 Å². The van der Waals surface area contributed by atoms with Crippen LogP contribution in [0.5, 0.6) is 0 Å². The number of sulfonamides is 1. The SMILES string of the molecule is NS(=O)(=O)c1nnc(NC(=O)CCNC(=O)[C@@H]2C3C=CC(C3)[C@@H]2C(=O)O)s1. The van der Waals surface area contributed by atoms with Crippen molar-refractivity contribution < 1.29 is 27.9 Å². The van der Waals surface area contributed by atoms with E-state index in [-0.39, 0.29) is 35.8 Å². The number of carbonyl (C=O) groups excluding carboxylic acids is 2. The molecule has 146 valence electrons. The molecule has 4 atom stereocenters. The molecule has 0 spiro atoms. The topological polar surface area (TPSA) is 181 Å². The molecule has 1 heterocycles. The van der Waals surface area contributed by atoms with Crippen molar-refractivity contribution in [2.75, 3.05) is 11.9 Å². The molecule has 27 heavy (non-hydrogen) atoms. The lowest BCUT2D eigenvalue weighted by molar-refractivity contribution is -0.147. The smallest absolute Gasteiger partial charge is 0.307 e. The molecule has 0 saturated heterocycles. The van der Waals surface area contributed by atoms with Crippen LogP contribution in [0.25, 0.3) is 0 Å². The number of hydrogen-bond acceptors (Lipinski definition) is 8. The number of aliphatic carboxylic acids is 1. The summed E-state index contributed by atoms with van der Waals surface area (Å²) in [7, 11) is -3.99. The van der Waals surface area contributed by atoms with Gasteiger partial charge in [0.05, 0.1) is 11.8 Å². The van der Waals surface area contributed by atoms with Crippen LogP contribution in [0.2, 0.25) is 0 Å². The van der Waals surface area contributed by atoms with E-state index in [1.54, 1.807) is 0 Å². The highest BCUT2D eigenvalue weighted by Gasteiger charge is 2.51. The molecule has 2 aliphatic carbocycles. The number of nitrogens with one attached hydrogen (secondary N) is 2. The largest absolute Gasteiger partial charge is 0.481 e. The zero-order chi connectivity index (χ0) is 19.8. The van der Waals surface area contributed by atoms with Gasteiger partial charge in [-0.25, -0.2) is 13.6 Å². The van der Waals surface area contributed by atoms with Gasteiger partial charge in [-0.05, 0) is 18.3 Å². The number of anilines is 1. The number of carboxylic acids is 1. The summed E-state index contributed by atoms with van der Waals surface area (Å²) in [4.78, 5) is 35.7. The third-order valence-corrected chi connectivity index (χ3v) is 6.74. The third-order valence-electron chi connectivity index (χ3n) is 4.59. The summed E-state index contributed by atoms with van der Waals surface area (Å²) in [6.45, 7) is 0.00938. The van der Waals surface area contributed by atoms with Crippen molar-refractivity contribution in [3.63, 3.8) is 0 Å². The number of allylic oxidation sites excluding steroid dienone is 2. The first-order chi connectivity index (χ1) is 12.7. The van der Waals surface area contributed by atoms with Crippen molar-refractivity contribution in [1.82, 2.24) is 15.5 Å². The normalized spacial score (nSPS) is 26.1. The van der Waals surface area contributed by atoms with Crippen molar-refractivity contribution in [1.29, 1.82) is 0 Å². The molecule has 2 amide bonds. The van der Waals surface area contributed by atoms with Gasteiger partial charge in [0.25, 0.3) is 10.0 Å². The summed E-state index contributed by atoms with van der Waals surface area (Å²) in [5.41, 5.74) is 0. The van der Waals surface area contributed by atoms with Gasteiger partial charge in [0, 0.05) is 13.0 Å². The van der Waals surface area contributed by atoms with E-state index in [1.165, 1.54) is 0 Å². The Morgan fingerprint density at radius 1 is 1.22 bits per heavy atom. The molecule has 3 rings (SSSR count). The van der Waals surface area contributed by atoms with Crippen molar-refractivity contribution in [2.45, 2.75) is 17.2 Å². The summed E-state index contributed by atoms with van der Waals surface area (Å²) >= 11 is 0.613.